The largest absolute Gasteiger partial charge is 0.472 e. The Balaban J connectivity index is 5.16. The highest BCUT2D eigenvalue weighted by atomic mass is 31.2. The van der Waals surface area contributed by atoms with E-state index in [9.17, 15) is 43.2 Å². The minimum Gasteiger partial charge on any atom is -0.462 e. The predicted octanol–water partition coefficient (Wildman–Crippen LogP) is 22.5. The average molecular weight is 1400 g/mol. The summed E-state index contributed by atoms with van der Waals surface area (Å²) in [5.74, 6) is -1.37. The first-order valence-corrected chi connectivity index (χ1v) is 42.6. The number of esters is 4. The van der Waals surface area contributed by atoms with Crippen LogP contribution in [0, 0.1) is 5.92 Å². The molecule has 0 rings (SSSR count). The summed E-state index contributed by atoms with van der Waals surface area (Å²) in [4.78, 5) is 72.7. The van der Waals surface area contributed by atoms with Gasteiger partial charge in [0.2, 0.25) is 0 Å². The van der Waals surface area contributed by atoms with Gasteiger partial charge in [-0.15, -0.1) is 0 Å². The van der Waals surface area contributed by atoms with Crippen LogP contribution in [0.5, 0.6) is 0 Å². The number of unbranched alkanes of at least 4 members (excludes halogenated alkanes) is 48. The van der Waals surface area contributed by atoms with Crippen molar-refractivity contribution >= 4 is 39.5 Å². The number of phosphoric acid groups is 2. The normalized spacial score (nSPS) is 13.9. The number of ether oxygens (including phenoxy) is 4. The van der Waals surface area contributed by atoms with Crippen molar-refractivity contribution in [2.24, 2.45) is 5.92 Å². The summed E-state index contributed by atoms with van der Waals surface area (Å²) < 4.78 is 68.4. The Kier molecular flexibility index (Phi) is 67.7. The van der Waals surface area contributed by atoms with E-state index in [4.69, 9.17) is 37.0 Å². The van der Waals surface area contributed by atoms with Gasteiger partial charge in [0.05, 0.1) is 26.4 Å². The predicted molar refractivity (Wildman–Crippen MR) is 386 cm³/mol. The molecule has 0 spiro atoms. The molecule has 0 saturated carbocycles. The summed E-state index contributed by atoms with van der Waals surface area (Å²) in [5.41, 5.74) is 0. The quantitative estimate of drug-likeness (QED) is 0.0222. The van der Waals surface area contributed by atoms with Gasteiger partial charge >= 0.3 is 39.5 Å². The molecule has 5 atom stereocenters. The second-order valence-corrected chi connectivity index (χ2v) is 30.8. The minimum absolute atomic E-state index is 0.108. The van der Waals surface area contributed by atoms with Crippen LogP contribution < -0.4 is 0 Å². The second-order valence-electron chi connectivity index (χ2n) is 27.9. The molecule has 0 aliphatic carbocycles. The standard InChI is InChI=1S/C76H148O17P2/c1-6-9-12-15-18-21-23-25-26-27-28-29-30-31-32-33-34-36-41-47-52-57-62-76(81)93-72(66-87-74(79)60-55-50-45-42-37-39-43-48-53-58-69(4)5)68-91-95(84,85)89-64-70(77)63-88-94(82,83)90-67-71(65-86-73(78)59-54-49-44-38-20-17-14-11-8-3)92-75(80)61-56-51-46-40-35-24-22-19-16-13-10-7-2/h69-72,77H,6-68H2,1-5H3,(H,82,83)(H,84,85)/t70-,71+,72+/m0/s1. The van der Waals surface area contributed by atoms with E-state index < -0.39 is 97.5 Å². The lowest BCUT2D eigenvalue weighted by atomic mass is 10.0. The fourth-order valence-corrected chi connectivity index (χ4v) is 13.3. The summed E-state index contributed by atoms with van der Waals surface area (Å²) in [7, 11) is -9.90. The van der Waals surface area contributed by atoms with Crippen molar-refractivity contribution in [3.8, 4) is 0 Å². The molecule has 19 heteroatoms. The highest BCUT2D eigenvalue weighted by Gasteiger charge is 2.30. The number of hydrogen-bond acceptors (Lipinski definition) is 15. The van der Waals surface area contributed by atoms with Crippen LogP contribution in [0.1, 0.15) is 401 Å². The van der Waals surface area contributed by atoms with Crippen LogP contribution >= 0.6 is 15.6 Å². The summed E-state index contributed by atoms with van der Waals surface area (Å²) >= 11 is 0. The lowest BCUT2D eigenvalue weighted by Crippen LogP contribution is -2.30. The van der Waals surface area contributed by atoms with Crippen LogP contribution in [0.2, 0.25) is 0 Å². The molecule has 0 aromatic rings. The molecule has 0 aliphatic heterocycles. The van der Waals surface area contributed by atoms with Crippen LogP contribution in [-0.4, -0.2) is 96.7 Å². The Bertz CT molecular complexity index is 1820. The third-order valence-electron chi connectivity index (χ3n) is 17.8. The van der Waals surface area contributed by atoms with Gasteiger partial charge in [-0.3, -0.25) is 37.3 Å². The smallest absolute Gasteiger partial charge is 0.462 e. The number of carbonyl (C=O) groups excluding carboxylic acids is 4. The van der Waals surface area contributed by atoms with Crippen molar-refractivity contribution in [1.82, 2.24) is 0 Å². The van der Waals surface area contributed by atoms with E-state index in [2.05, 4.69) is 34.6 Å². The lowest BCUT2D eigenvalue weighted by Gasteiger charge is -2.21. The van der Waals surface area contributed by atoms with E-state index in [1.807, 2.05) is 0 Å². The Hall–Kier alpha value is -1.94. The first-order chi connectivity index (χ1) is 46.0. The van der Waals surface area contributed by atoms with Gasteiger partial charge in [0, 0.05) is 25.7 Å². The van der Waals surface area contributed by atoms with E-state index in [1.165, 1.54) is 225 Å². The van der Waals surface area contributed by atoms with E-state index in [0.717, 1.165) is 95.8 Å². The highest BCUT2D eigenvalue weighted by molar-refractivity contribution is 7.47. The molecule has 17 nitrogen and oxygen atoms in total. The highest BCUT2D eigenvalue weighted by Crippen LogP contribution is 2.45. The monoisotopic (exact) mass is 1400 g/mol. The van der Waals surface area contributed by atoms with E-state index >= 15 is 0 Å². The maximum atomic E-state index is 13.1. The minimum atomic E-state index is -4.96. The zero-order valence-electron chi connectivity index (χ0n) is 61.8. The first kappa shape index (κ1) is 93.1. The Labute approximate surface area is 581 Å². The summed E-state index contributed by atoms with van der Waals surface area (Å²) in [6, 6.07) is 0. The van der Waals surface area contributed by atoms with Gasteiger partial charge in [0.1, 0.15) is 19.3 Å². The number of phosphoric ester groups is 2. The molecule has 0 fully saturated rings. The Morgan fingerprint density at radius 1 is 0.284 bits per heavy atom. The molecule has 0 saturated heterocycles. The molecule has 0 aliphatic rings. The van der Waals surface area contributed by atoms with Gasteiger partial charge in [0.15, 0.2) is 12.2 Å². The van der Waals surface area contributed by atoms with Crippen LogP contribution in [0.4, 0.5) is 0 Å². The number of aliphatic hydroxyl groups excluding tert-OH is 1. The molecule has 0 bridgehead atoms. The van der Waals surface area contributed by atoms with Crippen molar-refractivity contribution in [2.75, 3.05) is 39.6 Å². The summed E-state index contributed by atoms with van der Waals surface area (Å²) in [6.07, 6.45) is 58.4. The van der Waals surface area contributed by atoms with Gasteiger partial charge in [-0.25, -0.2) is 9.13 Å². The fraction of sp³-hybridized carbons (Fsp3) is 0.947. The number of hydrogen-bond donors (Lipinski definition) is 3. The molecule has 0 aromatic heterocycles. The third-order valence-corrected chi connectivity index (χ3v) is 19.7. The second kappa shape index (κ2) is 69.2. The topological polar surface area (TPSA) is 237 Å². The van der Waals surface area contributed by atoms with Crippen molar-refractivity contribution in [1.29, 1.82) is 0 Å². The Morgan fingerprint density at radius 2 is 0.484 bits per heavy atom. The number of carbonyl (C=O) groups is 4. The summed E-state index contributed by atoms with van der Waals surface area (Å²) in [5, 5.41) is 10.6. The van der Waals surface area contributed by atoms with Gasteiger partial charge in [0.25, 0.3) is 0 Å². The summed E-state index contributed by atoms with van der Waals surface area (Å²) in [6.45, 7) is 7.25. The van der Waals surface area contributed by atoms with Crippen LogP contribution in [0.25, 0.3) is 0 Å². The zero-order chi connectivity index (χ0) is 69.8. The van der Waals surface area contributed by atoms with Gasteiger partial charge in [-0.05, 0) is 31.6 Å². The van der Waals surface area contributed by atoms with E-state index in [0.29, 0.717) is 25.7 Å². The molecular formula is C76H148O17P2. The molecular weight excluding hydrogens is 1250 g/mol. The molecule has 2 unspecified atom stereocenters. The van der Waals surface area contributed by atoms with E-state index in [-0.39, 0.29) is 25.7 Å². The molecule has 3 N–H and O–H groups in total. The number of aliphatic hydroxyl groups is 1. The molecule has 564 valence electrons. The van der Waals surface area contributed by atoms with Crippen molar-refractivity contribution < 1.29 is 80.2 Å². The molecule has 0 aromatic carbocycles. The van der Waals surface area contributed by atoms with Crippen LogP contribution in [0.15, 0.2) is 0 Å². The third kappa shape index (κ3) is 70.3. The van der Waals surface area contributed by atoms with Crippen LogP contribution in [-0.2, 0) is 65.4 Å². The zero-order valence-corrected chi connectivity index (χ0v) is 63.6. The van der Waals surface area contributed by atoms with Gasteiger partial charge in [-0.1, -0.05) is 349 Å². The maximum absolute atomic E-state index is 13.1. The molecule has 95 heavy (non-hydrogen) atoms. The first-order valence-electron chi connectivity index (χ1n) is 39.6. The van der Waals surface area contributed by atoms with Crippen molar-refractivity contribution in [2.45, 2.75) is 419 Å². The maximum Gasteiger partial charge on any atom is 0.472 e. The van der Waals surface area contributed by atoms with Crippen molar-refractivity contribution in [3.63, 3.8) is 0 Å². The SMILES string of the molecule is CCCCCCCCCCCCCCCCCCCCCCCCC(=O)O[C@H](COC(=O)CCCCCCCCCCCC(C)C)COP(=O)(O)OC[C@@H](O)COP(=O)(O)OC[C@@H](COC(=O)CCCCCCCCCCC)OC(=O)CCCCCCCCCCCCCC. The fourth-order valence-electron chi connectivity index (χ4n) is 11.7. The number of rotatable bonds is 76. The van der Waals surface area contributed by atoms with Crippen LogP contribution in [0.3, 0.4) is 0 Å². The lowest BCUT2D eigenvalue weighted by molar-refractivity contribution is -0.161. The molecule has 0 amide bonds. The molecule has 0 heterocycles. The Morgan fingerprint density at radius 3 is 0.716 bits per heavy atom. The van der Waals surface area contributed by atoms with Gasteiger partial charge < -0.3 is 33.8 Å². The van der Waals surface area contributed by atoms with Crippen molar-refractivity contribution in [3.05, 3.63) is 0 Å². The van der Waals surface area contributed by atoms with Gasteiger partial charge in [-0.2, -0.15) is 0 Å². The average Bonchev–Trinajstić information content (AvgIpc) is 2.80. The van der Waals surface area contributed by atoms with E-state index in [1.54, 1.807) is 0 Å². The molecule has 0 radical (unpaired) electrons.